The second-order valence-electron chi connectivity index (χ2n) is 3.04. The highest BCUT2D eigenvalue weighted by molar-refractivity contribution is 7.89. The van der Waals surface area contributed by atoms with Gasteiger partial charge in [-0.1, -0.05) is 12.2 Å². The Balaban J connectivity index is 2.29. The number of nitrogens with zero attached hydrogens (tertiary/aromatic N) is 2. The molecule has 1 aliphatic rings. The molecule has 5 nitrogen and oxygen atoms in total. The molecule has 1 aliphatic heterocycles. The summed E-state index contributed by atoms with van der Waals surface area (Å²) in [6.07, 6.45) is 6.05. The van der Waals surface area contributed by atoms with Crippen molar-refractivity contribution in [3.63, 3.8) is 0 Å². The van der Waals surface area contributed by atoms with Crippen LogP contribution in [0.4, 0.5) is 0 Å². The van der Waals surface area contributed by atoms with E-state index in [0.717, 1.165) is 6.42 Å². The first-order valence-corrected chi connectivity index (χ1v) is 5.80. The Kier molecular flexibility index (Phi) is 2.39. The van der Waals surface area contributed by atoms with Crippen LogP contribution in [0.3, 0.4) is 0 Å². The molecular formula is C8H11N3O2S. The summed E-state index contributed by atoms with van der Waals surface area (Å²) in [4.78, 5) is 0. The molecule has 0 unspecified atom stereocenters. The number of hydrogen-bond acceptors (Lipinski definition) is 3. The molecule has 0 aromatic carbocycles. The monoisotopic (exact) mass is 213 g/mol. The van der Waals surface area contributed by atoms with Crippen LogP contribution in [0.25, 0.3) is 0 Å². The lowest BCUT2D eigenvalue weighted by atomic mass is 10.3. The summed E-state index contributed by atoms with van der Waals surface area (Å²) in [5.41, 5.74) is 0. The molecule has 1 aromatic heterocycles. The van der Waals surface area contributed by atoms with Crippen LogP contribution < -0.4 is 0 Å². The van der Waals surface area contributed by atoms with Crippen LogP contribution in [0.2, 0.25) is 0 Å². The number of nitrogens with one attached hydrogen (secondary N) is 1. The molecule has 76 valence electrons. The van der Waals surface area contributed by atoms with Gasteiger partial charge in [-0.3, -0.25) is 5.10 Å². The first-order valence-electron chi connectivity index (χ1n) is 4.36. The molecule has 14 heavy (non-hydrogen) atoms. The molecule has 0 atom stereocenters. The van der Waals surface area contributed by atoms with Crippen LogP contribution in [0, 0.1) is 0 Å². The maximum atomic E-state index is 11.9. The molecule has 0 aliphatic carbocycles. The Morgan fingerprint density at radius 3 is 2.86 bits per heavy atom. The van der Waals surface area contributed by atoms with Gasteiger partial charge in [-0.15, -0.1) is 0 Å². The van der Waals surface area contributed by atoms with Crippen LogP contribution >= 0.6 is 0 Å². The van der Waals surface area contributed by atoms with E-state index in [1.807, 2.05) is 12.2 Å². The fourth-order valence-corrected chi connectivity index (χ4v) is 2.67. The lowest BCUT2D eigenvalue weighted by Gasteiger charge is -2.21. The van der Waals surface area contributed by atoms with Crippen molar-refractivity contribution in [2.24, 2.45) is 0 Å². The molecule has 0 radical (unpaired) electrons. The van der Waals surface area contributed by atoms with Crippen LogP contribution in [0.5, 0.6) is 0 Å². The molecule has 0 bridgehead atoms. The van der Waals surface area contributed by atoms with E-state index < -0.39 is 10.0 Å². The van der Waals surface area contributed by atoms with Crippen molar-refractivity contribution in [2.45, 2.75) is 11.4 Å². The van der Waals surface area contributed by atoms with Gasteiger partial charge in [0.05, 0.1) is 6.20 Å². The van der Waals surface area contributed by atoms with E-state index in [2.05, 4.69) is 10.2 Å². The van der Waals surface area contributed by atoms with Crippen molar-refractivity contribution in [1.82, 2.24) is 14.5 Å². The first kappa shape index (κ1) is 9.42. The van der Waals surface area contributed by atoms with E-state index in [9.17, 15) is 8.42 Å². The number of aromatic amines is 1. The summed E-state index contributed by atoms with van der Waals surface area (Å²) in [5.74, 6) is 0. The number of hydrogen-bond donors (Lipinski definition) is 1. The van der Waals surface area contributed by atoms with Crippen molar-refractivity contribution in [2.75, 3.05) is 13.1 Å². The molecule has 0 fully saturated rings. The van der Waals surface area contributed by atoms with Crippen molar-refractivity contribution in [3.05, 3.63) is 24.4 Å². The fraction of sp³-hybridized carbons (Fsp3) is 0.375. The van der Waals surface area contributed by atoms with Gasteiger partial charge in [0, 0.05) is 13.1 Å². The quantitative estimate of drug-likeness (QED) is 0.721. The molecule has 0 saturated carbocycles. The zero-order chi connectivity index (χ0) is 10.0. The van der Waals surface area contributed by atoms with E-state index in [0.29, 0.717) is 13.1 Å². The fourth-order valence-electron chi connectivity index (χ4n) is 1.36. The average molecular weight is 213 g/mol. The Morgan fingerprint density at radius 1 is 1.43 bits per heavy atom. The summed E-state index contributed by atoms with van der Waals surface area (Å²) >= 11 is 0. The summed E-state index contributed by atoms with van der Waals surface area (Å²) in [6.45, 7) is 0.985. The third kappa shape index (κ3) is 1.58. The normalized spacial score (nSPS) is 18.6. The van der Waals surface area contributed by atoms with Gasteiger partial charge in [0.15, 0.2) is 5.03 Å². The smallest absolute Gasteiger partial charge is 0.260 e. The van der Waals surface area contributed by atoms with Gasteiger partial charge in [-0.25, -0.2) is 8.42 Å². The molecule has 0 spiro atoms. The summed E-state index contributed by atoms with van der Waals surface area (Å²) in [6, 6.07) is 1.47. The second-order valence-corrected chi connectivity index (χ2v) is 4.95. The standard InChI is InChI=1S/C8H11N3O2S/c12-14(13,8-4-5-9-10-8)11-6-2-1-3-7-11/h1-2,4-5H,3,6-7H2,(H,9,10). The van der Waals surface area contributed by atoms with Crippen molar-refractivity contribution >= 4 is 10.0 Å². The second kappa shape index (κ2) is 3.55. The zero-order valence-electron chi connectivity index (χ0n) is 7.55. The van der Waals surface area contributed by atoms with Crippen molar-refractivity contribution < 1.29 is 8.42 Å². The van der Waals surface area contributed by atoms with Gasteiger partial charge in [0.1, 0.15) is 0 Å². The van der Waals surface area contributed by atoms with Gasteiger partial charge in [0.2, 0.25) is 0 Å². The Bertz CT molecular complexity index is 421. The molecule has 6 heteroatoms. The van der Waals surface area contributed by atoms with Crippen molar-refractivity contribution in [3.8, 4) is 0 Å². The van der Waals surface area contributed by atoms with E-state index in [1.165, 1.54) is 16.6 Å². The van der Waals surface area contributed by atoms with Gasteiger partial charge in [-0.2, -0.15) is 9.40 Å². The van der Waals surface area contributed by atoms with Gasteiger partial charge < -0.3 is 0 Å². The number of aromatic nitrogens is 2. The highest BCUT2D eigenvalue weighted by atomic mass is 32.2. The maximum Gasteiger partial charge on any atom is 0.260 e. The first-order chi connectivity index (χ1) is 6.71. The maximum absolute atomic E-state index is 11.9. The molecule has 2 rings (SSSR count). The Labute approximate surface area is 82.5 Å². The number of sulfonamides is 1. The summed E-state index contributed by atoms with van der Waals surface area (Å²) in [5, 5.41) is 6.27. The Hall–Kier alpha value is -1.14. The van der Waals surface area contributed by atoms with Crippen LogP contribution in [0.1, 0.15) is 6.42 Å². The predicted molar refractivity (Wildman–Crippen MR) is 51.1 cm³/mol. The van der Waals surface area contributed by atoms with Gasteiger partial charge in [0.25, 0.3) is 10.0 Å². The minimum Gasteiger partial charge on any atom is -0.266 e. The van der Waals surface area contributed by atoms with Crippen molar-refractivity contribution in [1.29, 1.82) is 0 Å². The largest absolute Gasteiger partial charge is 0.266 e. The summed E-state index contributed by atoms with van der Waals surface area (Å²) in [7, 11) is -3.35. The number of rotatable bonds is 2. The predicted octanol–water partition coefficient (Wildman–Crippen LogP) is 0.360. The minimum absolute atomic E-state index is 0.160. The molecule has 0 amide bonds. The van der Waals surface area contributed by atoms with Gasteiger partial charge >= 0.3 is 0 Å². The van der Waals surface area contributed by atoms with E-state index in [-0.39, 0.29) is 5.03 Å². The third-order valence-corrected chi connectivity index (χ3v) is 3.91. The Morgan fingerprint density at radius 2 is 2.29 bits per heavy atom. The van der Waals surface area contributed by atoms with Gasteiger partial charge in [-0.05, 0) is 12.5 Å². The molecule has 1 N–H and O–H groups in total. The lowest BCUT2D eigenvalue weighted by molar-refractivity contribution is 0.435. The molecule has 0 saturated heterocycles. The van der Waals surface area contributed by atoms with E-state index >= 15 is 0 Å². The van der Waals surface area contributed by atoms with E-state index in [1.54, 1.807) is 0 Å². The van der Waals surface area contributed by atoms with Crippen LogP contribution in [-0.4, -0.2) is 36.0 Å². The minimum atomic E-state index is -3.35. The molecular weight excluding hydrogens is 202 g/mol. The average Bonchev–Trinajstić information content (AvgIpc) is 2.72. The SMILES string of the molecule is O=S(=O)(c1ccn[nH]1)N1CC=CCC1. The van der Waals surface area contributed by atoms with Crippen LogP contribution in [0.15, 0.2) is 29.4 Å². The lowest BCUT2D eigenvalue weighted by Crippen LogP contribution is -2.34. The molecule has 1 aromatic rings. The third-order valence-electron chi connectivity index (χ3n) is 2.11. The van der Waals surface area contributed by atoms with Crippen LogP contribution in [-0.2, 0) is 10.0 Å². The summed E-state index contributed by atoms with van der Waals surface area (Å²) < 4.78 is 25.2. The zero-order valence-corrected chi connectivity index (χ0v) is 8.37. The molecule has 2 heterocycles. The topological polar surface area (TPSA) is 66.1 Å². The number of H-pyrrole nitrogens is 1. The highest BCUT2D eigenvalue weighted by Gasteiger charge is 2.25. The van der Waals surface area contributed by atoms with E-state index in [4.69, 9.17) is 0 Å². The highest BCUT2D eigenvalue weighted by Crippen LogP contribution is 2.14.